The van der Waals surface area contributed by atoms with Crippen LogP contribution >= 0.6 is 0 Å². The van der Waals surface area contributed by atoms with E-state index < -0.39 is 0 Å². The molecule has 0 spiro atoms. The predicted octanol–water partition coefficient (Wildman–Crippen LogP) is -3.06. The van der Waals surface area contributed by atoms with Gasteiger partial charge in [-0.15, -0.1) is 0 Å². The van der Waals surface area contributed by atoms with Crippen molar-refractivity contribution in [3.8, 4) is 0 Å². The highest BCUT2D eigenvalue weighted by molar-refractivity contribution is 5.87. The third kappa shape index (κ3) is 2.06. The lowest BCUT2D eigenvalue weighted by Crippen LogP contribution is -3.00. The second-order valence-corrected chi connectivity index (χ2v) is 5.43. The van der Waals surface area contributed by atoms with Crippen LogP contribution in [-0.4, -0.2) is 11.1 Å². The van der Waals surface area contributed by atoms with Crippen LogP contribution in [0.2, 0.25) is 0 Å². The van der Waals surface area contributed by atoms with E-state index in [4.69, 9.17) is 0 Å². The smallest absolute Gasteiger partial charge is 0.0486 e. The van der Waals surface area contributed by atoms with E-state index in [0.29, 0.717) is 6.04 Å². The van der Waals surface area contributed by atoms with Gasteiger partial charge in [-0.05, 0) is 43.9 Å². The second-order valence-electron chi connectivity index (χ2n) is 5.43. The molecule has 0 fully saturated rings. The molecule has 1 aromatic carbocycles. The summed E-state index contributed by atoms with van der Waals surface area (Å²) in [6.07, 6.45) is 3.90. The van der Waals surface area contributed by atoms with E-state index in [1.807, 2.05) is 0 Å². The fourth-order valence-electron chi connectivity index (χ4n) is 3.63. The molecule has 1 N–H and O–H groups in total. The molecule has 0 saturated heterocycles. The molecular formula is C15H18Cl2N2-2. The van der Waals surface area contributed by atoms with E-state index in [-0.39, 0.29) is 24.8 Å². The number of benzene rings is 1. The molecule has 2 aromatic rings. The van der Waals surface area contributed by atoms with Gasteiger partial charge < -0.3 is 34.7 Å². The van der Waals surface area contributed by atoms with Crippen LogP contribution in [0.3, 0.4) is 0 Å². The van der Waals surface area contributed by atoms with Crippen molar-refractivity contribution in [3.05, 3.63) is 35.0 Å². The lowest BCUT2D eigenvalue weighted by molar-refractivity contribution is -0.001000. The van der Waals surface area contributed by atoms with Crippen LogP contribution in [0.4, 0.5) is 0 Å². The Morgan fingerprint density at radius 2 is 2.11 bits per heavy atom. The van der Waals surface area contributed by atoms with Gasteiger partial charge in [-0.1, -0.05) is 11.6 Å². The monoisotopic (exact) mass is 296 g/mol. The van der Waals surface area contributed by atoms with Gasteiger partial charge in [0.2, 0.25) is 0 Å². The van der Waals surface area contributed by atoms with Crippen molar-refractivity contribution in [1.29, 1.82) is 0 Å². The van der Waals surface area contributed by atoms with Crippen LogP contribution in [0, 0.1) is 6.92 Å². The van der Waals surface area contributed by atoms with Gasteiger partial charge in [0, 0.05) is 35.7 Å². The standard InChI is InChI=1S/C15H18N2.2ClH/c1-10-5-6-14-12(9-10)11-3-2-4-13-15(11)17(14)8-7-16-13;;/h5-6,9,13,16H,2-4,7-8H2,1H3;2*1H/p-2. The third-order valence-electron chi connectivity index (χ3n) is 4.34. The zero-order chi connectivity index (χ0) is 11.4. The minimum absolute atomic E-state index is 0. The van der Waals surface area contributed by atoms with E-state index in [0.717, 1.165) is 13.1 Å². The molecule has 4 rings (SSSR count). The van der Waals surface area contributed by atoms with Crippen LogP contribution in [0.5, 0.6) is 0 Å². The quantitative estimate of drug-likeness (QED) is 0.546. The Morgan fingerprint density at radius 1 is 1.26 bits per heavy atom. The normalized spacial score (nSPS) is 20.4. The van der Waals surface area contributed by atoms with Crippen LogP contribution in [0.25, 0.3) is 10.9 Å². The second kappa shape index (κ2) is 5.35. The number of fused-ring (bicyclic) bond motifs is 3. The van der Waals surface area contributed by atoms with Gasteiger partial charge in [-0.25, -0.2) is 0 Å². The maximum Gasteiger partial charge on any atom is 0.0486 e. The number of nitrogens with one attached hydrogen (secondary N) is 1. The molecule has 1 aliphatic carbocycles. The van der Waals surface area contributed by atoms with Gasteiger partial charge in [0.15, 0.2) is 0 Å². The van der Waals surface area contributed by atoms with E-state index in [1.54, 1.807) is 11.3 Å². The van der Waals surface area contributed by atoms with Crippen LogP contribution in [0.1, 0.15) is 35.7 Å². The molecule has 4 heteroatoms. The lowest BCUT2D eigenvalue weighted by Gasteiger charge is -2.31. The molecule has 2 aliphatic rings. The van der Waals surface area contributed by atoms with Crippen molar-refractivity contribution in [2.75, 3.05) is 6.54 Å². The molecule has 1 aliphatic heterocycles. The number of hydrogen-bond donors (Lipinski definition) is 1. The first-order valence-corrected chi connectivity index (χ1v) is 6.69. The van der Waals surface area contributed by atoms with E-state index >= 15 is 0 Å². The average Bonchev–Trinajstić information content (AvgIpc) is 2.67. The summed E-state index contributed by atoms with van der Waals surface area (Å²) >= 11 is 0. The summed E-state index contributed by atoms with van der Waals surface area (Å²) in [5.74, 6) is 0. The first-order valence-electron chi connectivity index (χ1n) is 6.69. The van der Waals surface area contributed by atoms with Gasteiger partial charge in [-0.3, -0.25) is 0 Å². The highest BCUT2D eigenvalue weighted by Crippen LogP contribution is 2.38. The molecule has 1 aromatic heterocycles. The minimum Gasteiger partial charge on any atom is -1.00 e. The first-order chi connectivity index (χ1) is 8.34. The molecule has 1 atom stereocenters. The zero-order valence-electron chi connectivity index (χ0n) is 11.0. The highest BCUT2D eigenvalue weighted by Gasteiger charge is 2.29. The van der Waals surface area contributed by atoms with Crippen LogP contribution < -0.4 is 30.1 Å². The molecule has 2 nitrogen and oxygen atoms in total. The van der Waals surface area contributed by atoms with E-state index in [1.165, 1.54) is 35.7 Å². The molecule has 0 amide bonds. The molecule has 1 unspecified atom stereocenters. The summed E-state index contributed by atoms with van der Waals surface area (Å²) in [6.45, 7) is 4.45. The molecular weight excluding hydrogens is 279 g/mol. The lowest BCUT2D eigenvalue weighted by atomic mass is 9.90. The van der Waals surface area contributed by atoms with Crippen LogP contribution in [-0.2, 0) is 13.0 Å². The third-order valence-corrected chi connectivity index (χ3v) is 4.34. The maximum absolute atomic E-state index is 3.67. The van der Waals surface area contributed by atoms with Crippen molar-refractivity contribution >= 4 is 10.9 Å². The number of halogens is 2. The zero-order valence-corrected chi connectivity index (χ0v) is 12.6. The topological polar surface area (TPSA) is 17.0 Å². The largest absolute Gasteiger partial charge is 1.00 e. The average molecular weight is 297 g/mol. The Morgan fingerprint density at radius 3 is 2.95 bits per heavy atom. The number of aryl methyl sites for hydroxylation is 2. The molecule has 19 heavy (non-hydrogen) atoms. The Labute approximate surface area is 126 Å². The fraction of sp³-hybridized carbons (Fsp3) is 0.467. The number of aromatic nitrogens is 1. The molecule has 104 valence electrons. The van der Waals surface area contributed by atoms with Crippen molar-refractivity contribution in [2.45, 2.75) is 38.8 Å². The Bertz CT molecular complexity index is 602. The summed E-state index contributed by atoms with van der Waals surface area (Å²) in [5.41, 5.74) is 6.04. The van der Waals surface area contributed by atoms with Crippen molar-refractivity contribution in [3.63, 3.8) is 0 Å². The fourth-order valence-corrected chi connectivity index (χ4v) is 3.63. The summed E-state index contributed by atoms with van der Waals surface area (Å²) in [7, 11) is 0. The van der Waals surface area contributed by atoms with Crippen LogP contribution in [0.15, 0.2) is 18.2 Å². The van der Waals surface area contributed by atoms with Crippen molar-refractivity contribution in [1.82, 2.24) is 9.88 Å². The van der Waals surface area contributed by atoms with Gasteiger partial charge in [0.1, 0.15) is 0 Å². The summed E-state index contributed by atoms with van der Waals surface area (Å²) in [6, 6.07) is 7.54. The van der Waals surface area contributed by atoms with Crippen molar-refractivity contribution in [2.24, 2.45) is 0 Å². The molecule has 0 radical (unpaired) electrons. The van der Waals surface area contributed by atoms with Gasteiger partial charge in [0.25, 0.3) is 0 Å². The summed E-state index contributed by atoms with van der Waals surface area (Å²) in [4.78, 5) is 0. The summed E-state index contributed by atoms with van der Waals surface area (Å²) in [5, 5.41) is 5.18. The number of rotatable bonds is 0. The van der Waals surface area contributed by atoms with E-state index in [2.05, 4.69) is 35.0 Å². The minimum atomic E-state index is 0. The number of hydrogen-bond acceptors (Lipinski definition) is 1. The number of nitrogens with zero attached hydrogens (tertiary/aromatic N) is 1. The Kier molecular flexibility index (Phi) is 4.14. The maximum atomic E-state index is 3.67. The molecule has 0 saturated carbocycles. The Hall–Kier alpha value is -0.700. The predicted molar refractivity (Wildman–Crippen MR) is 70.4 cm³/mol. The molecule has 2 heterocycles. The molecule has 0 bridgehead atoms. The SMILES string of the molecule is Cc1ccc2c(c1)c1c3n2CCNC3CCC1.[Cl-].[Cl-]. The van der Waals surface area contributed by atoms with Gasteiger partial charge in [-0.2, -0.15) is 0 Å². The van der Waals surface area contributed by atoms with Gasteiger partial charge in [0.05, 0.1) is 0 Å². The van der Waals surface area contributed by atoms with Crippen molar-refractivity contribution < 1.29 is 24.8 Å². The first kappa shape index (κ1) is 14.7. The summed E-state index contributed by atoms with van der Waals surface area (Å²) < 4.78 is 2.56. The Balaban J connectivity index is 0.000000667. The van der Waals surface area contributed by atoms with Gasteiger partial charge >= 0.3 is 0 Å². The van der Waals surface area contributed by atoms with E-state index in [9.17, 15) is 0 Å². The highest BCUT2D eigenvalue weighted by atomic mass is 35.5.